The Morgan fingerprint density at radius 2 is 2.24 bits per heavy atom. The van der Waals surface area contributed by atoms with E-state index in [0.717, 1.165) is 0 Å². The molecule has 0 spiro atoms. The van der Waals surface area contributed by atoms with E-state index in [2.05, 4.69) is 5.32 Å². The highest BCUT2D eigenvalue weighted by molar-refractivity contribution is 6.34. The number of likely N-dealkylation sites (tertiary alicyclic amines) is 1. The molecular weight excluding hydrogens is 294 g/mol. The average Bonchev–Trinajstić information content (AvgIpc) is 2.44. The number of halogens is 1. The Morgan fingerprint density at radius 3 is 2.86 bits per heavy atom. The number of likely N-dealkylation sites (N-methyl/N-ethyl adjacent to an activating group) is 1. The summed E-state index contributed by atoms with van der Waals surface area (Å²) in [5, 5.41) is 3.59. The van der Waals surface area contributed by atoms with E-state index in [1.54, 1.807) is 18.0 Å². The first-order valence-corrected chi connectivity index (χ1v) is 6.98. The number of nitrogens with one attached hydrogen (secondary N) is 1. The smallest absolute Gasteiger partial charge is 0.340 e. The number of carbonyl (C=O) groups is 2. The lowest BCUT2D eigenvalue weighted by atomic mass is 10.0. The lowest BCUT2D eigenvalue weighted by molar-refractivity contribution is -0.132. The molecule has 1 aliphatic rings. The summed E-state index contributed by atoms with van der Waals surface area (Å²) >= 11 is 6.19. The lowest BCUT2D eigenvalue weighted by Gasteiger charge is -2.31. The summed E-state index contributed by atoms with van der Waals surface area (Å²) in [5.74, 6) is -0.392. The van der Waals surface area contributed by atoms with Gasteiger partial charge >= 0.3 is 5.97 Å². The highest BCUT2D eigenvalue weighted by atomic mass is 35.5. The van der Waals surface area contributed by atoms with Crippen molar-refractivity contribution in [3.8, 4) is 0 Å². The van der Waals surface area contributed by atoms with Crippen molar-refractivity contribution in [3.63, 3.8) is 0 Å². The summed E-state index contributed by atoms with van der Waals surface area (Å²) in [7, 11) is 3.05. The van der Waals surface area contributed by atoms with Crippen molar-refractivity contribution >= 4 is 34.9 Å². The fourth-order valence-electron chi connectivity index (χ4n) is 2.38. The van der Waals surface area contributed by atoms with Crippen molar-refractivity contribution in [1.29, 1.82) is 0 Å². The molecule has 0 aliphatic carbocycles. The first-order valence-electron chi connectivity index (χ1n) is 6.60. The fraction of sp³-hybridized carbons (Fsp3) is 0.429. The molecule has 3 N–H and O–H groups in total. The number of nitrogen functional groups attached to an aromatic ring is 1. The van der Waals surface area contributed by atoms with E-state index < -0.39 is 5.97 Å². The van der Waals surface area contributed by atoms with Gasteiger partial charge < -0.3 is 20.7 Å². The number of nitrogens with zero attached hydrogens (tertiary/aromatic N) is 1. The van der Waals surface area contributed by atoms with Crippen molar-refractivity contribution in [2.45, 2.75) is 18.9 Å². The van der Waals surface area contributed by atoms with Gasteiger partial charge in [0.15, 0.2) is 0 Å². The van der Waals surface area contributed by atoms with Crippen LogP contribution >= 0.6 is 11.6 Å². The minimum atomic E-state index is -0.507. The monoisotopic (exact) mass is 311 g/mol. The van der Waals surface area contributed by atoms with E-state index in [1.807, 2.05) is 0 Å². The normalized spacial score (nSPS) is 18.5. The first-order chi connectivity index (χ1) is 9.92. The standard InChI is InChI=1S/C14H18ClN3O3/c1-18-7-9(3-4-12(18)19)17-13-10(14(20)21-2)5-8(16)6-11(13)15/h5-6,9,17H,3-4,7,16H2,1-2H3. The second-order valence-electron chi connectivity index (χ2n) is 5.07. The third-order valence-corrected chi connectivity index (χ3v) is 3.79. The van der Waals surface area contributed by atoms with E-state index >= 15 is 0 Å². The Hall–Kier alpha value is -1.95. The molecule has 1 aromatic rings. The van der Waals surface area contributed by atoms with E-state index in [-0.39, 0.29) is 11.9 Å². The summed E-state index contributed by atoms with van der Waals surface area (Å²) in [4.78, 5) is 25.0. The molecule has 7 heteroatoms. The number of amides is 1. The minimum Gasteiger partial charge on any atom is -0.465 e. The van der Waals surface area contributed by atoms with Crippen molar-refractivity contribution in [2.24, 2.45) is 0 Å². The summed E-state index contributed by atoms with van der Waals surface area (Å²) in [6.07, 6.45) is 1.15. The van der Waals surface area contributed by atoms with Crippen LogP contribution < -0.4 is 11.1 Å². The van der Waals surface area contributed by atoms with E-state index in [1.165, 1.54) is 13.2 Å². The number of esters is 1. The summed E-state index contributed by atoms with van der Waals surface area (Å²) in [6.45, 7) is 0.556. The third-order valence-electron chi connectivity index (χ3n) is 3.49. The maximum absolute atomic E-state index is 11.9. The molecule has 1 unspecified atom stereocenters. The first kappa shape index (κ1) is 15.4. The second kappa shape index (κ2) is 6.22. The van der Waals surface area contributed by atoms with Crippen LogP contribution in [0, 0.1) is 0 Å². The number of rotatable bonds is 3. The Morgan fingerprint density at radius 1 is 1.52 bits per heavy atom. The van der Waals surface area contributed by atoms with Crippen LogP contribution in [0.15, 0.2) is 12.1 Å². The van der Waals surface area contributed by atoms with Crippen molar-refractivity contribution < 1.29 is 14.3 Å². The molecule has 114 valence electrons. The van der Waals surface area contributed by atoms with Gasteiger partial charge in [-0.25, -0.2) is 4.79 Å². The maximum Gasteiger partial charge on any atom is 0.340 e. The van der Waals surface area contributed by atoms with Crippen LogP contribution in [0.3, 0.4) is 0 Å². The molecule has 1 aliphatic heterocycles. The van der Waals surface area contributed by atoms with Crippen molar-refractivity contribution in [3.05, 3.63) is 22.7 Å². The van der Waals surface area contributed by atoms with Crippen molar-refractivity contribution in [2.75, 3.05) is 31.8 Å². The number of methoxy groups -OCH3 is 1. The van der Waals surface area contributed by atoms with Crippen LogP contribution in [0.25, 0.3) is 0 Å². The predicted octanol–water partition coefficient (Wildman–Crippen LogP) is 1.74. The Balaban J connectivity index is 2.27. The Kier molecular flexibility index (Phi) is 4.57. The number of hydrogen-bond acceptors (Lipinski definition) is 5. The number of anilines is 2. The van der Waals surface area contributed by atoms with E-state index in [9.17, 15) is 9.59 Å². The number of piperidine rings is 1. The topological polar surface area (TPSA) is 84.7 Å². The van der Waals surface area contributed by atoms with Gasteiger partial charge in [0.2, 0.25) is 5.91 Å². The minimum absolute atomic E-state index is 0.0252. The predicted molar refractivity (Wildman–Crippen MR) is 81.5 cm³/mol. The molecule has 1 fully saturated rings. The number of benzene rings is 1. The molecule has 6 nitrogen and oxygen atoms in total. The molecule has 21 heavy (non-hydrogen) atoms. The van der Waals surface area contributed by atoms with Crippen LogP contribution in [0.1, 0.15) is 23.2 Å². The molecule has 1 aromatic carbocycles. The molecule has 1 atom stereocenters. The zero-order chi connectivity index (χ0) is 15.6. The van der Waals surface area contributed by atoms with Gasteiger partial charge in [0.25, 0.3) is 0 Å². The molecule has 0 aromatic heterocycles. The second-order valence-corrected chi connectivity index (χ2v) is 5.48. The van der Waals surface area contributed by atoms with Gasteiger partial charge in [-0.15, -0.1) is 0 Å². The Labute approximate surface area is 128 Å². The van der Waals surface area contributed by atoms with Crippen LogP contribution in [0.2, 0.25) is 5.02 Å². The van der Waals surface area contributed by atoms with Gasteiger partial charge in [0, 0.05) is 31.7 Å². The fourth-order valence-corrected chi connectivity index (χ4v) is 2.66. The molecule has 0 radical (unpaired) electrons. The van der Waals surface area contributed by atoms with Crippen LogP contribution in [0.4, 0.5) is 11.4 Å². The molecule has 1 heterocycles. The number of ether oxygens (including phenoxy) is 1. The van der Waals surface area contributed by atoms with Crippen molar-refractivity contribution in [1.82, 2.24) is 4.90 Å². The average molecular weight is 312 g/mol. The zero-order valence-corrected chi connectivity index (χ0v) is 12.7. The number of hydrogen-bond donors (Lipinski definition) is 2. The third kappa shape index (κ3) is 3.39. The van der Waals surface area contributed by atoms with Crippen LogP contribution in [-0.2, 0) is 9.53 Å². The highest BCUT2D eigenvalue weighted by Crippen LogP contribution is 2.31. The van der Waals surface area contributed by atoms with Gasteiger partial charge in [0.1, 0.15) is 0 Å². The highest BCUT2D eigenvalue weighted by Gasteiger charge is 2.25. The Bertz CT molecular complexity index is 577. The molecule has 2 rings (SSSR count). The summed E-state index contributed by atoms with van der Waals surface area (Å²) in [5.41, 5.74) is 6.90. The summed E-state index contributed by atoms with van der Waals surface area (Å²) in [6, 6.07) is 3.13. The molecular formula is C14H18ClN3O3. The maximum atomic E-state index is 11.9. The quantitative estimate of drug-likeness (QED) is 0.656. The van der Waals surface area contributed by atoms with Gasteiger partial charge in [-0.05, 0) is 18.6 Å². The van der Waals surface area contributed by atoms with E-state index in [0.29, 0.717) is 41.3 Å². The van der Waals surface area contributed by atoms with Gasteiger partial charge in [-0.2, -0.15) is 0 Å². The molecule has 1 saturated heterocycles. The zero-order valence-electron chi connectivity index (χ0n) is 12.0. The van der Waals surface area contributed by atoms with Gasteiger partial charge in [-0.3, -0.25) is 4.79 Å². The SMILES string of the molecule is COC(=O)c1cc(N)cc(Cl)c1NC1CCC(=O)N(C)C1. The molecule has 0 saturated carbocycles. The summed E-state index contributed by atoms with van der Waals surface area (Å²) < 4.78 is 4.76. The van der Waals surface area contributed by atoms with Gasteiger partial charge in [-0.1, -0.05) is 11.6 Å². The number of nitrogens with two attached hydrogens (primary N) is 1. The molecule has 1 amide bonds. The molecule has 0 bridgehead atoms. The number of carbonyl (C=O) groups excluding carboxylic acids is 2. The van der Waals surface area contributed by atoms with Gasteiger partial charge in [0.05, 0.1) is 23.4 Å². The largest absolute Gasteiger partial charge is 0.465 e. The lowest BCUT2D eigenvalue weighted by Crippen LogP contribution is -2.43. The van der Waals surface area contributed by atoms with E-state index in [4.69, 9.17) is 22.1 Å². The van der Waals surface area contributed by atoms with Crippen LogP contribution in [-0.4, -0.2) is 43.5 Å². The van der Waals surface area contributed by atoms with Crippen LogP contribution in [0.5, 0.6) is 0 Å².